The highest BCUT2D eigenvalue weighted by molar-refractivity contribution is 6.42. The molecule has 0 saturated carbocycles. The van der Waals surface area contributed by atoms with E-state index in [1.807, 2.05) is 6.92 Å². The van der Waals surface area contributed by atoms with Crippen LogP contribution in [0.1, 0.15) is 27.4 Å². The van der Waals surface area contributed by atoms with E-state index in [1.165, 1.54) is 6.07 Å². The summed E-state index contributed by atoms with van der Waals surface area (Å²) in [5, 5.41) is 15.1. The summed E-state index contributed by atoms with van der Waals surface area (Å²) >= 11 is 12.0. The van der Waals surface area contributed by atoms with E-state index in [0.717, 1.165) is 11.3 Å². The minimum absolute atomic E-state index is 0.265. The molecule has 4 rings (SSSR count). The standard InChI is InChI=1S/C22H18Cl2FN5O/c1-12-21(13(2)30(29-12)11-15-5-3-4-6-18(15)25)26-22(31)20-10-19(27-28-20)14-7-8-16(23)17(24)9-14/h3-10H,11H2,1-2H3,(H,26,31)(H,27,28). The van der Waals surface area contributed by atoms with Crippen molar-refractivity contribution in [3.8, 4) is 11.3 Å². The van der Waals surface area contributed by atoms with Gasteiger partial charge in [-0.1, -0.05) is 47.5 Å². The fourth-order valence-electron chi connectivity index (χ4n) is 3.24. The number of rotatable bonds is 5. The van der Waals surface area contributed by atoms with Crippen LogP contribution in [-0.2, 0) is 6.54 Å². The van der Waals surface area contributed by atoms with E-state index in [4.69, 9.17) is 23.2 Å². The Hall–Kier alpha value is -3.16. The first kappa shape index (κ1) is 21.1. The van der Waals surface area contributed by atoms with Gasteiger partial charge in [0, 0.05) is 11.1 Å². The summed E-state index contributed by atoms with van der Waals surface area (Å²) in [5.74, 6) is -0.664. The third-order valence-corrected chi connectivity index (χ3v) is 5.67. The van der Waals surface area contributed by atoms with Crippen molar-refractivity contribution in [1.29, 1.82) is 0 Å². The molecule has 0 radical (unpaired) electrons. The number of aryl methyl sites for hydroxylation is 1. The fourth-order valence-corrected chi connectivity index (χ4v) is 3.54. The van der Waals surface area contributed by atoms with Crippen LogP contribution in [0, 0.1) is 19.7 Å². The number of nitrogens with zero attached hydrogens (tertiary/aromatic N) is 3. The molecule has 0 atom stereocenters. The smallest absolute Gasteiger partial charge is 0.273 e. The molecule has 1 amide bonds. The molecular weight excluding hydrogens is 440 g/mol. The molecule has 6 nitrogen and oxygen atoms in total. The van der Waals surface area contributed by atoms with Crippen molar-refractivity contribution in [1.82, 2.24) is 20.0 Å². The lowest BCUT2D eigenvalue weighted by Crippen LogP contribution is -2.14. The van der Waals surface area contributed by atoms with Gasteiger partial charge in [-0.2, -0.15) is 10.2 Å². The van der Waals surface area contributed by atoms with Gasteiger partial charge in [0.2, 0.25) is 0 Å². The van der Waals surface area contributed by atoms with Crippen molar-refractivity contribution in [2.24, 2.45) is 0 Å². The van der Waals surface area contributed by atoms with Crippen LogP contribution in [0.15, 0.2) is 48.5 Å². The monoisotopic (exact) mass is 457 g/mol. The number of carbonyl (C=O) groups excluding carboxylic acids is 1. The van der Waals surface area contributed by atoms with Crippen LogP contribution in [0.3, 0.4) is 0 Å². The second-order valence-corrected chi connectivity index (χ2v) is 7.86. The Balaban J connectivity index is 1.54. The first-order chi connectivity index (χ1) is 14.8. The molecule has 2 N–H and O–H groups in total. The van der Waals surface area contributed by atoms with Gasteiger partial charge in [-0.3, -0.25) is 14.6 Å². The molecule has 0 fully saturated rings. The Bertz CT molecular complexity index is 1280. The van der Waals surface area contributed by atoms with Crippen molar-refractivity contribution in [3.63, 3.8) is 0 Å². The third-order valence-electron chi connectivity index (χ3n) is 4.94. The highest BCUT2D eigenvalue weighted by Gasteiger charge is 2.18. The van der Waals surface area contributed by atoms with E-state index in [1.54, 1.807) is 54.1 Å². The highest BCUT2D eigenvalue weighted by Crippen LogP contribution is 2.28. The normalized spacial score (nSPS) is 11.0. The number of aromatic amines is 1. The molecule has 0 aliphatic heterocycles. The second kappa shape index (κ2) is 8.53. The number of halogens is 3. The second-order valence-electron chi connectivity index (χ2n) is 7.04. The maximum absolute atomic E-state index is 14.0. The van der Waals surface area contributed by atoms with Crippen molar-refractivity contribution < 1.29 is 9.18 Å². The maximum atomic E-state index is 14.0. The number of amides is 1. The number of anilines is 1. The van der Waals surface area contributed by atoms with Crippen LogP contribution >= 0.6 is 23.2 Å². The van der Waals surface area contributed by atoms with Gasteiger partial charge in [0.15, 0.2) is 0 Å². The Kier molecular flexibility index (Phi) is 5.80. The lowest BCUT2D eigenvalue weighted by molar-refractivity contribution is 0.102. The van der Waals surface area contributed by atoms with Crippen LogP contribution in [0.25, 0.3) is 11.3 Å². The van der Waals surface area contributed by atoms with E-state index in [2.05, 4.69) is 20.6 Å². The van der Waals surface area contributed by atoms with Crippen molar-refractivity contribution in [2.75, 3.05) is 5.32 Å². The summed E-state index contributed by atoms with van der Waals surface area (Å²) in [7, 11) is 0. The number of nitrogens with one attached hydrogen (secondary N) is 2. The lowest BCUT2D eigenvalue weighted by Gasteiger charge is -2.07. The minimum atomic E-state index is -0.365. The Morgan fingerprint density at radius 2 is 1.90 bits per heavy atom. The molecule has 0 unspecified atom stereocenters. The van der Waals surface area contributed by atoms with E-state index in [0.29, 0.717) is 32.7 Å². The Morgan fingerprint density at radius 3 is 2.65 bits per heavy atom. The molecule has 2 aromatic carbocycles. The van der Waals surface area contributed by atoms with Crippen LogP contribution in [-0.4, -0.2) is 25.9 Å². The van der Waals surface area contributed by atoms with Crippen LogP contribution in [0.2, 0.25) is 10.0 Å². The van der Waals surface area contributed by atoms with Gasteiger partial charge in [0.1, 0.15) is 11.5 Å². The quantitative estimate of drug-likeness (QED) is 0.407. The molecule has 2 heterocycles. The number of benzene rings is 2. The molecule has 31 heavy (non-hydrogen) atoms. The Labute approximate surface area is 188 Å². The van der Waals surface area contributed by atoms with E-state index < -0.39 is 0 Å². The number of H-pyrrole nitrogens is 1. The zero-order valence-corrected chi connectivity index (χ0v) is 18.2. The predicted octanol–water partition coefficient (Wildman–Crippen LogP) is 5.64. The number of hydrogen-bond acceptors (Lipinski definition) is 3. The van der Waals surface area contributed by atoms with Gasteiger partial charge < -0.3 is 5.32 Å². The minimum Gasteiger partial charge on any atom is -0.318 e. The highest BCUT2D eigenvalue weighted by atomic mass is 35.5. The van der Waals surface area contributed by atoms with Gasteiger partial charge in [0.25, 0.3) is 5.91 Å². The largest absolute Gasteiger partial charge is 0.318 e. The first-order valence-electron chi connectivity index (χ1n) is 9.43. The van der Waals surface area contributed by atoms with Crippen molar-refractivity contribution in [2.45, 2.75) is 20.4 Å². The zero-order valence-electron chi connectivity index (χ0n) is 16.7. The summed E-state index contributed by atoms with van der Waals surface area (Å²) in [5.41, 5.74) is 4.02. The van der Waals surface area contributed by atoms with Crippen LogP contribution in [0.4, 0.5) is 10.1 Å². The van der Waals surface area contributed by atoms with Gasteiger partial charge in [0.05, 0.1) is 39.4 Å². The summed E-state index contributed by atoms with van der Waals surface area (Å²) in [6.45, 7) is 3.87. The van der Waals surface area contributed by atoms with Gasteiger partial charge in [-0.05, 0) is 38.1 Å². The van der Waals surface area contributed by atoms with E-state index in [-0.39, 0.29) is 24.0 Å². The van der Waals surface area contributed by atoms with Gasteiger partial charge >= 0.3 is 0 Å². The molecule has 0 spiro atoms. The van der Waals surface area contributed by atoms with Crippen LogP contribution < -0.4 is 5.32 Å². The summed E-state index contributed by atoms with van der Waals surface area (Å²) in [6, 6.07) is 13.3. The molecule has 158 valence electrons. The molecule has 2 aromatic heterocycles. The third kappa shape index (κ3) is 4.33. The van der Waals surface area contributed by atoms with Gasteiger partial charge in [-0.25, -0.2) is 4.39 Å². The number of carbonyl (C=O) groups is 1. The molecule has 0 saturated heterocycles. The molecular formula is C22H18Cl2FN5O. The summed E-state index contributed by atoms with van der Waals surface area (Å²) in [6.07, 6.45) is 0. The fraction of sp³-hybridized carbons (Fsp3) is 0.136. The molecule has 0 aliphatic carbocycles. The molecule has 0 bridgehead atoms. The zero-order chi connectivity index (χ0) is 22.1. The number of aromatic nitrogens is 4. The first-order valence-corrected chi connectivity index (χ1v) is 10.2. The maximum Gasteiger partial charge on any atom is 0.273 e. The molecule has 0 aliphatic rings. The van der Waals surface area contributed by atoms with Crippen molar-refractivity contribution >= 4 is 34.8 Å². The topological polar surface area (TPSA) is 75.6 Å². The van der Waals surface area contributed by atoms with Crippen molar-refractivity contribution in [3.05, 3.63) is 87.0 Å². The van der Waals surface area contributed by atoms with Gasteiger partial charge in [-0.15, -0.1) is 0 Å². The molecule has 9 heteroatoms. The van der Waals surface area contributed by atoms with Crippen LogP contribution in [0.5, 0.6) is 0 Å². The average Bonchev–Trinajstić information content (AvgIpc) is 3.33. The Morgan fingerprint density at radius 1 is 1.13 bits per heavy atom. The van der Waals surface area contributed by atoms with E-state index >= 15 is 0 Å². The SMILES string of the molecule is Cc1nn(Cc2ccccc2F)c(C)c1NC(=O)c1cc(-c2ccc(Cl)c(Cl)c2)n[nH]1. The predicted molar refractivity (Wildman–Crippen MR) is 119 cm³/mol. The average molecular weight is 458 g/mol. The lowest BCUT2D eigenvalue weighted by atomic mass is 10.1. The number of hydrogen-bond donors (Lipinski definition) is 2. The molecule has 4 aromatic rings. The van der Waals surface area contributed by atoms with E-state index in [9.17, 15) is 9.18 Å². The summed E-state index contributed by atoms with van der Waals surface area (Å²) in [4.78, 5) is 12.8. The summed E-state index contributed by atoms with van der Waals surface area (Å²) < 4.78 is 15.7.